The van der Waals surface area contributed by atoms with E-state index in [1.165, 1.54) is 4.57 Å². The highest BCUT2D eigenvalue weighted by Gasteiger charge is 2.47. The zero-order valence-electron chi connectivity index (χ0n) is 26.4. The molecule has 0 aromatic carbocycles. The van der Waals surface area contributed by atoms with Crippen LogP contribution in [0.3, 0.4) is 0 Å². The summed E-state index contributed by atoms with van der Waals surface area (Å²) in [5.74, 6) is 0.592. The van der Waals surface area contributed by atoms with E-state index in [1.54, 1.807) is 28.0 Å². The summed E-state index contributed by atoms with van der Waals surface area (Å²) in [7, 11) is 3.30. The first-order valence-corrected chi connectivity index (χ1v) is 18.1. The van der Waals surface area contributed by atoms with Gasteiger partial charge in [-0.15, -0.1) is 0 Å². The fraction of sp³-hybridized carbons (Fsp3) is 0.667. The van der Waals surface area contributed by atoms with Crippen molar-refractivity contribution in [3.8, 4) is 0 Å². The molecule has 0 aliphatic carbocycles. The molecule has 0 amide bonds. The van der Waals surface area contributed by atoms with E-state index < -0.39 is 6.17 Å². The minimum absolute atomic E-state index is 0.0461. The molecule has 0 N–H and O–H groups in total. The maximum Gasteiger partial charge on any atom is 0.266 e. The van der Waals surface area contributed by atoms with Crippen LogP contribution in [0.15, 0.2) is 18.8 Å². The Hall–Kier alpha value is -2.40. The Morgan fingerprint density at radius 3 is 1.91 bits per heavy atom. The SMILES string of the molecule is C[C@H]1C[C@H]2CC[C@@H]([C@@H]1F)N2c1nc2c(c(Br)nn2C2CCCCO2)c(=O)n1C.Cn1c(Cl)nc2c(c(Br)nn2C2CCCCO2)c1=O. The fourth-order valence-corrected chi connectivity index (χ4v) is 8.59. The summed E-state index contributed by atoms with van der Waals surface area (Å²) in [6.45, 7) is 3.36. The third-order valence-corrected chi connectivity index (χ3v) is 11.3. The van der Waals surface area contributed by atoms with Gasteiger partial charge in [0.2, 0.25) is 11.2 Å². The van der Waals surface area contributed by atoms with Crippen molar-refractivity contribution in [1.82, 2.24) is 38.7 Å². The number of piperidine rings is 1. The molecule has 0 spiro atoms. The average Bonchev–Trinajstić information content (AvgIpc) is 3.71. The van der Waals surface area contributed by atoms with Crippen LogP contribution in [0, 0.1) is 5.92 Å². The molecule has 4 saturated heterocycles. The second-order valence-corrected chi connectivity index (χ2v) is 14.7. The number of hydrogen-bond donors (Lipinski definition) is 0. The van der Waals surface area contributed by atoms with Crippen LogP contribution < -0.4 is 16.0 Å². The van der Waals surface area contributed by atoms with Crippen LogP contribution in [0.5, 0.6) is 0 Å². The molecule has 47 heavy (non-hydrogen) atoms. The Kier molecular flexibility index (Phi) is 9.26. The standard InChI is InChI=1S/C19H25BrFN5O2.C11H12BrClN4O2/c1-10-9-11-6-7-12(15(10)21)25(11)19-22-17-14(18(27)24(19)2)16(20)23-26(17)13-5-3-4-8-28-13;1-16-10(18)7-8(12)15-17(9(7)14-11(16)13)6-4-2-3-5-19-6/h10-13,15H,3-9H2,1-2H3;6H,2-5H2,1H3/t10-,11+,12-,13?,15+;/m0./s1. The van der Waals surface area contributed by atoms with E-state index >= 15 is 0 Å². The van der Waals surface area contributed by atoms with E-state index in [-0.39, 0.29) is 46.9 Å². The van der Waals surface area contributed by atoms with Gasteiger partial charge in [0.1, 0.15) is 26.2 Å². The first-order chi connectivity index (χ1) is 22.6. The molecular weight excluding hydrogens is 765 g/mol. The van der Waals surface area contributed by atoms with E-state index in [9.17, 15) is 14.0 Å². The highest BCUT2D eigenvalue weighted by atomic mass is 79.9. The molecule has 0 saturated carbocycles. The number of halogens is 4. The number of rotatable bonds is 3. The minimum atomic E-state index is -0.898. The number of ether oxygens (including phenoxy) is 2. The fourth-order valence-electron chi connectivity index (χ4n) is 7.39. The molecule has 0 radical (unpaired) electrons. The van der Waals surface area contributed by atoms with E-state index in [1.807, 2.05) is 6.92 Å². The molecule has 4 fully saturated rings. The van der Waals surface area contributed by atoms with Gasteiger partial charge in [-0.25, -0.2) is 13.8 Å². The van der Waals surface area contributed by atoms with Gasteiger partial charge in [-0.1, -0.05) is 6.92 Å². The number of nitrogens with zero attached hydrogens (tertiary/aromatic N) is 9. The number of aromatic nitrogens is 8. The Morgan fingerprint density at radius 2 is 1.36 bits per heavy atom. The second-order valence-electron chi connectivity index (χ2n) is 12.9. The molecule has 4 aromatic heterocycles. The zero-order valence-corrected chi connectivity index (χ0v) is 30.3. The van der Waals surface area contributed by atoms with Gasteiger partial charge in [0.25, 0.3) is 11.1 Å². The lowest BCUT2D eigenvalue weighted by molar-refractivity contribution is -0.0373. The van der Waals surface area contributed by atoms with Gasteiger partial charge < -0.3 is 14.4 Å². The number of alkyl halides is 1. The first kappa shape index (κ1) is 33.1. The Balaban J connectivity index is 0.000000161. The number of fused-ring (bicyclic) bond motifs is 4. The van der Waals surface area contributed by atoms with Gasteiger partial charge in [-0.05, 0) is 107 Å². The van der Waals surface area contributed by atoms with Crippen molar-refractivity contribution in [3.63, 3.8) is 0 Å². The van der Waals surface area contributed by atoms with Crippen LogP contribution in [0.2, 0.25) is 5.28 Å². The van der Waals surface area contributed by atoms with Gasteiger partial charge >= 0.3 is 0 Å². The lowest BCUT2D eigenvalue weighted by atomic mass is 9.91. The van der Waals surface area contributed by atoms with Crippen molar-refractivity contribution in [2.45, 2.75) is 95.4 Å². The zero-order chi connectivity index (χ0) is 33.1. The van der Waals surface area contributed by atoms with Crippen LogP contribution in [-0.4, -0.2) is 70.1 Å². The second kappa shape index (κ2) is 13.1. The van der Waals surface area contributed by atoms with Gasteiger partial charge in [0, 0.05) is 33.4 Å². The van der Waals surface area contributed by atoms with Gasteiger partial charge in [-0.2, -0.15) is 20.2 Å². The Labute approximate surface area is 291 Å². The Bertz CT molecular complexity index is 1930. The third-order valence-electron chi connectivity index (χ3n) is 9.89. The molecule has 4 aliphatic rings. The Morgan fingerprint density at radius 1 is 0.809 bits per heavy atom. The third kappa shape index (κ3) is 5.75. The molecular formula is C30H37Br2ClFN9O4. The van der Waals surface area contributed by atoms with Crippen molar-refractivity contribution in [1.29, 1.82) is 0 Å². The van der Waals surface area contributed by atoms with Gasteiger partial charge in [0.15, 0.2) is 23.8 Å². The van der Waals surface area contributed by atoms with Gasteiger partial charge in [-0.3, -0.25) is 18.7 Å². The normalized spacial score (nSPS) is 27.8. The first-order valence-electron chi connectivity index (χ1n) is 16.2. The van der Waals surface area contributed by atoms with Crippen molar-refractivity contribution < 1.29 is 13.9 Å². The van der Waals surface area contributed by atoms with Crippen LogP contribution in [-0.2, 0) is 23.6 Å². The van der Waals surface area contributed by atoms with E-state index in [0.29, 0.717) is 50.4 Å². The van der Waals surface area contributed by atoms with E-state index in [4.69, 9.17) is 26.1 Å². The number of anilines is 1. The summed E-state index contributed by atoms with van der Waals surface area (Å²) >= 11 is 12.7. The predicted octanol–water partition coefficient (Wildman–Crippen LogP) is 5.55. The largest absolute Gasteiger partial charge is 0.356 e. The molecule has 254 valence electrons. The highest BCUT2D eigenvalue weighted by molar-refractivity contribution is 9.10. The average molecular weight is 802 g/mol. The molecule has 4 aromatic rings. The van der Waals surface area contributed by atoms with Crippen molar-refractivity contribution in [2.24, 2.45) is 20.0 Å². The maximum absolute atomic E-state index is 14.9. The summed E-state index contributed by atoms with van der Waals surface area (Å²) in [5.41, 5.74) is 0.600. The maximum atomic E-state index is 14.9. The topological polar surface area (TPSA) is 127 Å². The van der Waals surface area contributed by atoms with Crippen LogP contribution in [0.25, 0.3) is 22.1 Å². The molecule has 17 heteroatoms. The van der Waals surface area contributed by atoms with E-state index in [2.05, 4.69) is 51.9 Å². The van der Waals surface area contributed by atoms with Crippen molar-refractivity contribution in [3.05, 3.63) is 35.2 Å². The molecule has 2 bridgehead atoms. The van der Waals surface area contributed by atoms with Crippen LogP contribution in [0.1, 0.15) is 77.2 Å². The van der Waals surface area contributed by atoms with Crippen LogP contribution in [0.4, 0.5) is 10.3 Å². The lowest BCUT2D eigenvalue weighted by Crippen LogP contribution is -2.51. The quantitative estimate of drug-likeness (QED) is 0.245. The summed E-state index contributed by atoms with van der Waals surface area (Å²) in [4.78, 5) is 36.5. The molecule has 6 atom stereocenters. The van der Waals surface area contributed by atoms with Gasteiger partial charge in [0.05, 0.1) is 6.04 Å². The lowest BCUT2D eigenvalue weighted by Gasteiger charge is -2.41. The smallest absolute Gasteiger partial charge is 0.266 e. The van der Waals surface area contributed by atoms with Crippen molar-refractivity contribution >= 4 is 71.5 Å². The predicted molar refractivity (Wildman–Crippen MR) is 182 cm³/mol. The summed E-state index contributed by atoms with van der Waals surface area (Å²) < 4.78 is 33.7. The van der Waals surface area contributed by atoms with E-state index in [0.717, 1.165) is 57.8 Å². The highest BCUT2D eigenvalue weighted by Crippen LogP contribution is 2.42. The molecule has 8 heterocycles. The van der Waals surface area contributed by atoms with Crippen LogP contribution >= 0.6 is 43.5 Å². The molecule has 4 aliphatic heterocycles. The molecule has 2 unspecified atom stereocenters. The monoisotopic (exact) mass is 799 g/mol. The molecule has 8 rings (SSSR count). The summed E-state index contributed by atoms with van der Waals surface area (Å²) in [6, 6.07) is 0.0170. The number of hydrogen-bond acceptors (Lipinski definition) is 9. The summed E-state index contributed by atoms with van der Waals surface area (Å²) in [5, 5.41) is 9.88. The van der Waals surface area contributed by atoms with Crippen molar-refractivity contribution in [2.75, 3.05) is 18.1 Å². The molecule has 13 nitrogen and oxygen atoms in total. The summed E-state index contributed by atoms with van der Waals surface area (Å²) in [6.07, 6.45) is 7.15. The minimum Gasteiger partial charge on any atom is -0.356 e.